The summed E-state index contributed by atoms with van der Waals surface area (Å²) in [7, 11) is 0. The van der Waals surface area contributed by atoms with E-state index in [0.29, 0.717) is 11.3 Å². The van der Waals surface area contributed by atoms with E-state index in [-0.39, 0.29) is 0 Å². The topological polar surface area (TPSA) is 17.8 Å². The van der Waals surface area contributed by atoms with Gasteiger partial charge in [0, 0.05) is 17.3 Å². The molecule has 1 aromatic carbocycles. The van der Waals surface area contributed by atoms with E-state index in [1.54, 1.807) is 0 Å². The molecule has 3 unspecified atom stereocenters. The Kier molecular flexibility index (Phi) is 4.02. The van der Waals surface area contributed by atoms with Gasteiger partial charge in [-0.3, -0.25) is 4.68 Å². The van der Waals surface area contributed by atoms with E-state index in [9.17, 15) is 0 Å². The fraction of sp³-hybridized carbons (Fsp3) is 0.588. The molecule has 3 heteroatoms. The second-order valence-electron chi connectivity index (χ2n) is 6.18. The molecule has 2 aromatic rings. The van der Waals surface area contributed by atoms with Gasteiger partial charge >= 0.3 is 0 Å². The van der Waals surface area contributed by atoms with Crippen molar-refractivity contribution in [1.29, 1.82) is 0 Å². The highest BCUT2D eigenvalue weighted by Crippen LogP contribution is 2.35. The van der Waals surface area contributed by atoms with E-state index in [1.165, 1.54) is 29.4 Å². The third kappa shape index (κ3) is 2.58. The number of fused-ring (bicyclic) bond motifs is 1. The van der Waals surface area contributed by atoms with Crippen LogP contribution in [0.15, 0.2) is 24.3 Å². The molecule has 1 aliphatic rings. The Labute approximate surface area is 126 Å². The van der Waals surface area contributed by atoms with Gasteiger partial charge in [0.25, 0.3) is 0 Å². The first-order valence-corrected chi connectivity index (χ1v) is 8.21. The number of hydrogen-bond acceptors (Lipinski definition) is 1. The molecule has 1 aliphatic carbocycles. The monoisotopic (exact) mass is 290 g/mol. The van der Waals surface area contributed by atoms with Crippen LogP contribution in [0, 0.1) is 11.8 Å². The minimum atomic E-state index is 0.316. The molecule has 0 amide bonds. The molecule has 0 N–H and O–H groups in total. The maximum Gasteiger partial charge on any atom is 0.0706 e. The van der Waals surface area contributed by atoms with Crippen LogP contribution >= 0.6 is 11.6 Å². The first-order valence-electron chi connectivity index (χ1n) is 7.77. The molecule has 3 atom stereocenters. The molecule has 0 spiro atoms. The standard InChI is InChI=1S/C17H23ClN2/c1-3-20-17-7-5-4-6-14(17)16(19-20)11-13-10-12(2)8-9-15(13)18/h4-7,12-13,15H,3,8-11H2,1-2H3. The molecule has 1 heterocycles. The van der Waals surface area contributed by atoms with Gasteiger partial charge in [0.2, 0.25) is 0 Å². The molecule has 1 fully saturated rings. The Hall–Kier alpha value is -1.02. The summed E-state index contributed by atoms with van der Waals surface area (Å²) in [5.74, 6) is 1.37. The van der Waals surface area contributed by atoms with Crippen LogP contribution in [-0.4, -0.2) is 15.2 Å². The van der Waals surface area contributed by atoms with Crippen molar-refractivity contribution < 1.29 is 0 Å². The predicted molar refractivity (Wildman–Crippen MR) is 85.3 cm³/mol. The zero-order chi connectivity index (χ0) is 14.1. The summed E-state index contributed by atoms with van der Waals surface area (Å²) in [5, 5.41) is 6.44. The Morgan fingerprint density at radius 3 is 2.90 bits per heavy atom. The summed E-state index contributed by atoms with van der Waals surface area (Å²) >= 11 is 6.56. The van der Waals surface area contributed by atoms with Gasteiger partial charge in [-0.25, -0.2) is 0 Å². The third-order valence-corrected chi connectivity index (χ3v) is 5.22. The fourth-order valence-corrected chi connectivity index (χ4v) is 3.83. The largest absolute Gasteiger partial charge is 0.265 e. The molecule has 0 radical (unpaired) electrons. The minimum absolute atomic E-state index is 0.316. The summed E-state index contributed by atoms with van der Waals surface area (Å²) in [6.07, 6.45) is 4.68. The average Bonchev–Trinajstić information content (AvgIpc) is 2.81. The number of para-hydroxylation sites is 1. The van der Waals surface area contributed by atoms with Gasteiger partial charge in [0.05, 0.1) is 11.2 Å². The lowest BCUT2D eigenvalue weighted by Gasteiger charge is -2.30. The molecule has 0 aliphatic heterocycles. The van der Waals surface area contributed by atoms with Crippen molar-refractivity contribution in [3.8, 4) is 0 Å². The summed E-state index contributed by atoms with van der Waals surface area (Å²) in [6.45, 7) is 5.42. The molecule has 108 valence electrons. The molecule has 0 saturated heterocycles. The van der Waals surface area contributed by atoms with Gasteiger partial charge in [-0.05, 0) is 50.5 Å². The maximum atomic E-state index is 6.56. The van der Waals surface area contributed by atoms with Crippen molar-refractivity contribution in [2.45, 2.75) is 51.5 Å². The Balaban J connectivity index is 1.90. The summed E-state index contributed by atoms with van der Waals surface area (Å²) in [4.78, 5) is 0. The smallest absolute Gasteiger partial charge is 0.0706 e. The maximum absolute atomic E-state index is 6.56. The molecule has 0 bridgehead atoms. The Morgan fingerprint density at radius 1 is 1.30 bits per heavy atom. The highest BCUT2D eigenvalue weighted by atomic mass is 35.5. The van der Waals surface area contributed by atoms with Crippen molar-refractivity contribution >= 4 is 22.5 Å². The number of halogens is 1. The highest BCUT2D eigenvalue weighted by molar-refractivity contribution is 6.20. The summed E-state index contributed by atoms with van der Waals surface area (Å²) in [6, 6.07) is 8.55. The van der Waals surface area contributed by atoms with Crippen molar-refractivity contribution in [3.63, 3.8) is 0 Å². The Morgan fingerprint density at radius 2 is 2.10 bits per heavy atom. The number of hydrogen-bond donors (Lipinski definition) is 0. The first kappa shape index (κ1) is 13.9. The van der Waals surface area contributed by atoms with Gasteiger partial charge in [0.1, 0.15) is 0 Å². The van der Waals surface area contributed by atoms with Crippen LogP contribution < -0.4 is 0 Å². The molecule has 20 heavy (non-hydrogen) atoms. The molecule has 1 saturated carbocycles. The zero-order valence-electron chi connectivity index (χ0n) is 12.3. The van der Waals surface area contributed by atoms with Crippen LogP contribution in [-0.2, 0) is 13.0 Å². The minimum Gasteiger partial charge on any atom is -0.265 e. The Bertz CT molecular complexity index is 590. The van der Waals surface area contributed by atoms with Crippen LogP contribution in [0.2, 0.25) is 0 Å². The van der Waals surface area contributed by atoms with E-state index in [1.807, 2.05) is 0 Å². The molecule has 1 aromatic heterocycles. The van der Waals surface area contributed by atoms with Crippen LogP contribution in [0.4, 0.5) is 0 Å². The first-order chi connectivity index (χ1) is 9.69. The van der Waals surface area contributed by atoms with Crippen LogP contribution in [0.3, 0.4) is 0 Å². The average molecular weight is 291 g/mol. The third-order valence-electron chi connectivity index (χ3n) is 4.64. The van der Waals surface area contributed by atoms with Gasteiger partial charge in [-0.15, -0.1) is 11.6 Å². The van der Waals surface area contributed by atoms with Gasteiger partial charge in [-0.1, -0.05) is 25.1 Å². The quantitative estimate of drug-likeness (QED) is 0.753. The number of rotatable bonds is 3. The van der Waals surface area contributed by atoms with Crippen LogP contribution in [0.25, 0.3) is 10.9 Å². The van der Waals surface area contributed by atoms with E-state index in [2.05, 4.69) is 42.8 Å². The molecule has 3 rings (SSSR count). The fourth-order valence-electron chi connectivity index (χ4n) is 3.51. The zero-order valence-corrected chi connectivity index (χ0v) is 13.1. The second-order valence-corrected chi connectivity index (χ2v) is 6.74. The van der Waals surface area contributed by atoms with Gasteiger partial charge < -0.3 is 0 Å². The van der Waals surface area contributed by atoms with E-state index in [0.717, 1.165) is 25.3 Å². The summed E-state index contributed by atoms with van der Waals surface area (Å²) < 4.78 is 2.11. The predicted octanol–water partition coefficient (Wildman–Crippen LogP) is 4.64. The normalized spacial score (nSPS) is 27.1. The lowest BCUT2D eigenvalue weighted by atomic mass is 9.79. The second kappa shape index (κ2) is 5.77. The molecule has 2 nitrogen and oxygen atoms in total. The van der Waals surface area contributed by atoms with Crippen molar-refractivity contribution in [2.24, 2.45) is 11.8 Å². The van der Waals surface area contributed by atoms with E-state index in [4.69, 9.17) is 16.7 Å². The van der Waals surface area contributed by atoms with Crippen molar-refractivity contribution in [2.75, 3.05) is 0 Å². The molecular weight excluding hydrogens is 268 g/mol. The highest BCUT2D eigenvalue weighted by Gasteiger charge is 2.28. The van der Waals surface area contributed by atoms with Crippen molar-refractivity contribution in [3.05, 3.63) is 30.0 Å². The van der Waals surface area contributed by atoms with Crippen LogP contribution in [0.1, 0.15) is 38.8 Å². The number of benzene rings is 1. The summed E-state index contributed by atoms with van der Waals surface area (Å²) in [5.41, 5.74) is 2.48. The van der Waals surface area contributed by atoms with Gasteiger partial charge in [-0.2, -0.15) is 5.10 Å². The number of nitrogens with zero attached hydrogens (tertiary/aromatic N) is 2. The lowest BCUT2D eigenvalue weighted by Crippen LogP contribution is -2.26. The number of alkyl halides is 1. The van der Waals surface area contributed by atoms with Gasteiger partial charge in [0.15, 0.2) is 0 Å². The van der Waals surface area contributed by atoms with E-state index < -0.39 is 0 Å². The number of aryl methyl sites for hydroxylation is 1. The number of aromatic nitrogens is 2. The lowest BCUT2D eigenvalue weighted by molar-refractivity contribution is 0.285. The van der Waals surface area contributed by atoms with Crippen LogP contribution in [0.5, 0.6) is 0 Å². The van der Waals surface area contributed by atoms with E-state index >= 15 is 0 Å². The molecular formula is C17H23ClN2. The SMILES string of the molecule is CCn1nc(CC2CC(C)CCC2Cl)c2ccccc21. The van der Waals surface area contributed by atoms with Crippen molar-refractivity contribution in [1.82, 2.24) is 9.78 Å².